The number of carbonyl (C=O) groups is 1. The lowest BCUT2D eigenvalue weighted by Crippen LogP contribution is -1.94. The van der Waals surface area contributed by atoms with Crippen molar-refractivity contribution in [1.29, 1.82) is 0 Å². The summed E-state index contributed by atoms with van der Waals surface area (Å²) < 4.78 is 18.4. The summed E-state index contributed by atoms with van der Waals surface area (Å²) in [5, 5.41) is 8.47. The van der Waals surface area contributed by atoms with Crippen molar-refractivity contribution >= 4 is 12.0 Å². The Hall–Kier alpha value is -2.10. The third-order valence-electron chi connectivity index (χ3n) is 1.89. The van der Waals surface area contributed by atoms with Gasteiger partial charge in [0.1, 0.15) is 18.2 Å². The molecule has 0 heterocycles. The Morgan fingerprint density at radius 1 is 1.47 bits per heavy atom. The SMILES string of the molecule is C/C=C/COc1cc(F)cc(/C=C/C(=O)O)c1. The smallest absolute Gasteiger partial charge is 0.328 e. The van der Waals surface area contributed by atoms with Crippen molar-refractivity contribution in [2.45, 2.75) is 6.92 Å². The Labute approximate surface area is 98.8 Å². The quantitative estimate of drug-likeness (QED) is 0.631. The van der Waals surface area contributed by atoms with Crippen LogP contribution in [0.5, 0.6) is 5.75 Å². The minimum Gasteiger partial charge on any atom is -0.489 e. The molecule has 0 amide bonds. The van der Waals surface area contributed by atoms with Gasteiger partial charge in [0, 0.05) is 12.1 Å². The normalized spacial score (nSPS) is 11.2. The van der Waals surface area contributed by atoms with Crippen molar-refractivity contribution < 1.29 is 19.0 Å². The molecule has 0 aliphatic rings. The monoisotopic (exact) mass is 236 g/mol. The lowest BCUT2D eigenvalue weighted by atomic mass is 10.2. The Kier molecular flexibility index (Phi) is 4.94. The summed E-state index contributed by atoms with van der Waals surface area (Å²) in [5.41, 5.74) is 0.447. The van der Waals surface area contributed by atoms with E-state index in [1.165, 1.54) is 18.2 Å². The van der Waals surface area contributed by atoms with Crippen molar-refractivity contribution in [3.05, 3.63) is 47.8 Å². The molecule has 0 saturated carbocycles. The topological polar surface area (TPSA) is 46.5 Å². The van der Waals surface area contributed by atoms with E-state index in [0.717, 1.165) is 6.08 Å². The first-order chi connectivity index (χ1) is 8.11. The fraction of sp³-hybridized carbons (Fsp3) is 0.154. The van der Waals surface area contributed by atoms with Gasteiger partial charge in [-0.05, 0) is 30.7 Å². The summed E-state index contributed by atoms with van der Waals surface area (Å²) in [4.78, 5) is 10.3. The molecule has 0 aliphatic heterocycles. The highest BCUT2D eigenvalue weighted by Gasteiger charge is 2.00. The molecule has 0 saturated heterocycles. The Morgan fingerprint density at radius 2 is 2.24 bits per heavy atom. The number of rotatable bonds is 5. The number of benzene rings is 1. The summed E-state index contributed by atoms with van der Waals surface area (Å²) in [5.74, 6) is -1.17. The van der Waals surface area contributed by atoms with E-state index < -0.39 is 11.8 Å². The molecule has 0 radical (unpaired) electrons. The molecule has 0 fully saturated rings. The Morgan fingerprint density at radius 3 is 2.88 bits per heavy atom. The second kappa shape index (κ2) is 6.48. The van der Waals surface area contributed by atoms with Crippen LogP contribution in [0.25, 0.3) is 6.08 Å². The molecule has 90 valence electrons. The molecule has 3 nitrogen and oxygen atoms in total. The molecule has 0 unspecified atom stereocenters. The average molecular weight is 236 g/mol. The van der Waals surface area contributed by atoms with Crippen LogP contribution < -0.4 is 4.74 Å². The van der Waals surface area contributed by atoms with Gasteiger partial charge in [0.15, 0.2) is 0 Å². The van der Waals surface area contributed by atoms with Gasteiger partial charge in [-0.3, -0.25) is 0 Å². The van der Waals surface area contributed by atoms with Gasteiger partial charge < -0.3 is 9.84 Å². The number of ether oxygens (including phenoxy) is 1. The minimum absolute atomic E-state index is 0.349. The van der Waals surface area contributed by atoms with E-state index in [9.17, 15) is 9.18 Å². The molecular weight excluding hydrogens is 223 g/mol. The van der Waals surface area contributed by atoms with E-state index in [0.29, 0.717) is 17.9 Å². The molecule has 4 heteroatoms. The van der Waals surface area contributed by atoms with Crippen molar-refractivity contribution in [2.24, 2.45) is 0 Å². The van der Waals surface area contributed by atoms with Crippen LogP contribution >= 0.6 is 0 Å². The van der Waals surface area contributed by atoms with Crippen molar-refractivity contribution in [3.63, 3.8) is 0 Å². The molecule has 1 aromatic carbocycles. The number of aliphatic carboxylic acids is 1. The predicted molar refractivity (Wildman–Crippen MR) is 63.4 cm³/mol. The molecule has 0 atom stereocenters. The fourth-order valence-electron chi connectivity index (χ4n) is 1.17. The van der Waals surface area contributed by atoms with Crippen molar-refractivity contribution in [1.82, 2.24) is 0 Å². The minimum atomic E-state index is -1.08. The van der Waals surface area contributed by atoms with E-state index in [1.807, 2.05) is 13.0 Å². The van der Waals surface area contributed by atoms with Crippen molar-refractivity contribution in [3.8, 4) is 5.75 Å². The molecule has 0 bridgehead atoms. The second-order valence-electron chi connectivity index (χ2n) is 3.27. The largest absolute Gasteiger partial charge is 0.489 e. The highest BCUT2D eigenvalue weighted by Crippen LogP contribution is 2.17. The van der Waals surface area contributed by atoms with Crippen LogP contribution in [-0.4, -0.2) is 17.7 Å². The van der Waals surface area contributed by atoms with Crippen LogP contribution in [0, 0.1) is 5.82 Å². The maximum Gasteiger partial charge on any atom is 0.328 e. The van der Waals surface area contributed by atoms with Crippen LogP contribution in [0.3, 0.4) is 0 Å². The first-order valence-electron chi connectivity index (χ1n) is 5.07. The number of allylic oxidation sites excluding steroid dienone is 1. The first-order valence-corrected chi connectivity index (χ1v) is 5.07. The fourth-order valence-corrected chi connectivity index (χ4v) is 1.17. The van der Waals surface area contributed by atoms with Crippen LogP contribution in [0.4, 0.5) is 4.39 Å². The maximum atomic E-state index is 13.2. The molecule has 1 aromatic rings. The van der Waals surface area contributed by atoms with Gasteiger partial charge in [-0.15, -0.1) is 0 Å². The standard InChI is InChI=1S/C13H13FO3/c1-2-3-6-17-12-8-10(4-5-13(15)16)7-11(14)9-12/h2-5,7-9H,6H2,1H3,(H,15,16)/b3-2+,5-4+. The summed E-state index contributed by atoms with van der Waals surface area (Å²) in [6, 6.07) is 4.07. The number of halogens is 1. The summed E-state index contributed by atoms with van der Waals surface area (Å²) in [6.07, 6.45) is 5.88. The lowest BCUT2D eigenvalue weighted by Gasteiger charge is -2.04. The van der Waals surface area contributed by atoms with E-state index in [1.54, 1.807) is 12.1 Å². The first kappa shape index (κ1) is 13.0. The molecule has 0 aliphatic carbocycles. The zero-order valence-electron chi connectivity index (χ0n) is 9.39. The predicted octanol–water partition coefficient (Wildman–Crippen LogP) is 2.88. The van der Waals surface area contributed by atoms with Crippen LogP contribution in [0.1, 0.15) is 12.5 Å². The highest BCUT2D eigenvalue weighted by molar-refractivity contribution is 5.85. The van der Waals surface area contributed by atoms with E-state index >= 15 is 0 Å². The summed E-state index contributed by atoms with van der Waals surface area (Å²) >= 11 is 0. The van der Waals surface area contributed by atoms with Gasteiger partial charge >= 0.3 is 5.97 Å². The van der Waals surface area contributed by atoms with Gasteiger partial charge in [-0.1, -0.05) is 12.2 Å². The van der Waals surface area contributed by atoms with Crippen LogP contribution in [0.15, 0.2) is 36.4 Å². The number of hydrogen-bond donors (Lipinski definition) is 1. The molecule has 0 spiro atoms. The Bertz CT molecular complexity index is 450. The van der Waals surface area contributed by atoms with Gasteiger partial charge in [-0.25, -0.2) is 9.18 Å². The van der Waals surface area contributed by atoms with Gasteiger partial charge in [0.05, 0.1) is 0 Å². The third kappa shape index (κ3) is 4.97. The van der Waals surface area contributed by atoms with Crippen LogP contribution in [0.2, 0.25) is 0 Å². The molecule has 0 aromatic heterocycles. The Balaban J connectivity index is 2.82. The number of carboxylic acids is 1. The van der Waals surface area contributed by atoms with Crippen LogP contribution in [-0.2, 0) is 4.79 Å². The van der Waals surface area contributed by atoms with E-state index in [2.05, 4.69) is 0 Å². The summed E-state index contributed by atoms with van der Waals surface area (Å²) in [6.45, 7) is 2.21. The zero-order chi connectivity index (χ0) is 12.7. The molecule has 1 rings (SSSR count). The summed E-state index contributed by atoms with van der Waals surface area (Å²) in [7, 11) is 0. The molecule has 17 heavy (non-hydrogen) atoms. The molecular formula is C13H13FO3. The molecule has 1 N–H and O–H groups in total. The van der Waals surface area contributed by atoms with Crippen molar-refractivity contribution in [2.75, 3.05) is 6.61 Å². The average Bonchev–Trinajstić information content (AvgIpc) is 2.26. The van der Waals surface area contributed by atoms with E-state index in [4.69, 9.17) is 9.84 Å². The second-order valence-corrected chi connectivity index (χ2v) is 3.27. The zero-order valence-corrected chi connectivity index (χ0v) is 9.39. The third-order valence-corrected chi connectivity index (χ3v) is 1.89. The van der Waals surface area contributed by atoms with Gasteiger partial charge in [0.25, 0.3) is 0 Å². The maximum absolute atomic E-state index is 13.2. The van der Waals surface area contributed by atoms with Gasteiger partial charge in [-0.2, -0.15) is 0 Å². The van der Waals surface area contributed by atoms with Gasteiger partial charge in [0.2, 0.25) is 0 Å². The van der Waals surface area contributed by atoms with E-state index in [-0.39, 0.29) is 0 Å². The highest BCUT2D eigenvalue weighted by atomic mass is 19.1. The number of carboxylic acid groups (broad SMARTS) is 1. The number of hydrogen-bond acceptors (Lipinski definition) is 2. The lowest BCUT2D eigenvalue weighted by molar-refractivity contribution is -0.131.